The first-order valence-electron chi connectivity index (χ1n) is 8.77. The van der Waals surface area contributed by atoms with E-state index >= 15 is 0 Å². The van der Waals surface area contributed by atoms with Crippen LogP contribution >= 0.6 is 0 Å². The molecule has 2 heterocycles. The van der Waals surface area contributed by atoms with Gasteiger partial charge in [0.2, 0.25) is 5.91 Å². The number of carbonyl (C=O) groups is 1. The summed E-state index contributed by atoms with van der Waals surface area (Å²) in [7, 11) is 1.90. The predicted molar refractivity (Wildman–Crippen MR) is 101 cm³/mol. The molecule has 5 heteroatoms. The lowest BCUT2D eigenvalue weighted by molar-refractivity contribution is -0.121. The summed E-state index contributed by atoms with van der Waals surface area (Å²) in [6, 6.07) is 6.18. The van der Waals surface area contributed by atoms with E-state index in [9.17, 15) is 4.79 Å². The van der Waals surface area contributed by atoms with E-state index < -0.39 is 0 Å². The van der Waals surface area contributed by atoms with Gasteiger partial charge in [-0.15, -0.1) is 0 Å². The van der Waals surface area contributed by atoms with Crippen molar-refractivity contribution in [3.05, 3.63) is 52.5 Å². The van der Waals surface area contributed by atoms with Crippen LogP contribution in [0, 0.1) is 20.8 Å². The van der Waals surface area contributed by atoms with Crippen molar-refractivity contribution in [3.63, 3.8) is 0 Å². The van der Waals surface area contributed by atoms with Crippen molar-refractivity contribution in [2.24, 2.45) is 7.05 Å². The molecule has 0 bridgehead atoms. The summed E-state index contributed by atoms with van der Waals surface area (Å²) in [4.78, 5) is 16.2. The molecule has 0 aliphatic carbocycles. The van der Waals surface area contributed by atoms with Crippen molar-refractivity contribution < 1.29 is 4.79 Å². The molecule has 2 N–H and O–H groups in total. The first-order chi connectivity index (χ1) is 11.9. The maximum Gasteiger partial charge on any atom is 0.225 e. The van der Waals surface area contributed by atoms with E-state index in [1.165, 1.54) is 16.5 Å². The van der Waals surface area contributed by atoms with Gasteiger partial charge >= 0.3 is 0 Å². The van der Waals surface area contributed by atoms with Crippen LogP contribution in [0.15, 0.2) is 24.4 Å². The van der Waals surface area contributed by atoms with Crippen molar-refractivity contribution in [2.45, 2.75) is 46.6 Å². The van der Waals surface area contributed by atoms with Gasteiger partial charge in [-0.05, 0) is 49.9 Å². The van der Waals surface area contributed by atoms with Crippen LogP contribution in [0.4, 0.5) is 0 Å². The lowest BCUT2D eigenvalue weighted by Crippen LogP contribution is -2.30. The maximum atomic E-state index is 12.7. The van der Waals surface area contributed by atoms with E-state index in [0.29, 0.717) is 6.42 Å². The molecule has 0 fully saturated rings. The van der Waals surface area contributed by atoms with Crippen molar-refractivity contribution in [2.75, 3.05) is 0 Å². The van der Waals surface area contributed by atoms with Gasteiger partial charge in [0.15, 0.2) is 0 Å². The molecular weight excluding hydrogens is 312 g/mol. The average Bonchev–Trinajstić information content (AvgIpc) is 3.14. The second-order valence-corrected chi connectivity index (χ2v) is 6.76. The molecule has 0 saturated heterocycles. The first kappa shape index (κ1) is 17.3. The maximum absolute atomic E-state index is 12.7. The molecule has 1 amide bonds. The third-order valence-electron chi connectivity index (χ3n) is 4.99. The van der Waals surface area contributed by atoms with Crippen LogP contribution in [0.2, 0.25) is 0 Å². The summed E-state index contributed by atoms with van der Waals surface area (Å²) < 4.78 is 1.82. The lowest BCUT2D eigenvalue weighted by Gasteiger charge is -2.17. The molecule has 25 heavy (non-hydrogen) atoms. The molecule has 0 aliphatic heterocycles. The highest BCUT2D eigenvalue weighted by atomic mass is 16.1. The minimum atomic E-state index is -0.0201. The smallest absolute Gasteiger partial charge is 0.225 e. The molecule has 132 valence electrons. The number of benzene rings is 1. The molecular formula is C20H26N4O. The molecule has 5 nitrogen and oxygen atoms in total. The summed E-state index contributed by atoms with van der Waals surface area (Å²) in [5.74, 6) is 0.0398. The SMILES string of the molecule is CC[C@@H](NC(=O)Cc1c(C)[nH]c2c(C)ccc(C)c12)c1ccnn1C. The second kappa shape index (κ2) is 6.75. The monoisotopic (exact) mass is 338 g/mol. The summed E-state index contributed by atoms with van der Waals surface area (Å²) >= 11 is 0. The number of nitrogens with zero attached hydrogens (tertiary/aromatic N) is 2. The van der Waals surface area contributed by atoms with E-state index in [1.807, 2.05) is 24.7 Å². The highest BCUT2D eigenvalue weighted by molar-refractivity contribution is 5.93. The molecule has 3 rings (SSSR count). The molecule has 0 saturated carbocycles. The van der Waals surface area contributed by atoms with E-state index in [-0.39, 0.29) is 11.9 Å². The Hall–Kier alpha value is -2.56. The van der Waals surface area contributed by atoms with Crippen molar-refractivity contribution in [1.29, 1.82) is 0 Å². The van der Waals surface area contributed by atoms with Crippen molar-refractivity contribution >= 4 is 16.8 Å². The molecule has 0 unspecified atom stereocenters. The Labute approximate surface area is 148 Å². The number of rotatable bonds is 5. The highest BCUT2D eigenvalue weighted by Crippen LogP contribution is 2.28. The minimum absolute atomic E-state index is 0.0201. The molecule has 0 spiro atoms. The number of aromatic amines is 1. The van der Waals surface area contributed by atoms with Gasteiger partial charge in [0.1, 0.15) is 0 Å². The Morgan fingerprint density at radius 2 is 1.96 bits per heavy atom. The number of carbonyl (C=O) groups excluding carboxylic acids is 1. The number of aryl methyl sites for hydroxylation is 4. The summed E-state index contributed by atoms with van der Waals surface area (Å²) in [5, 5.41) is 8.55. The Bertz CT molecular complexity index is 919. The Kier molecular flexibility index (Phi) is 4.66. The summed E-state index contributed by atoms with van der Waals surface area (Å²) in [6.07, 6.45) is 2.97. The number of nitrogens with one attached hydrogen (secondary N) is 2. The Morgan fingerprint density at radius 1 is 1.24 bits per heavy atom. The van der Waals surface area contributed by atoms with E-state index in [0.717, 1.165) is 28.9 Å². The van der Waals surface area contributed by atoms with Gasteiger partial charge in [0, 0.05) is 29.8 Å². The number of fused-ring (bicyclic) bond motifs is 1. The largest absolute Gasteiger partial charge is 0.358 e. The lowest BCUT2D eigenvalue weighted by atomic mass is 10.0. The Morgan fingerprint density at radius 3 is 2.60 bits per heavy atom. The van der Waals surface area contributed by atoms with Crippen LogP contribution in [-0.2, 0) is 18.3 Å². The van der Waals surface area contributed by atoms with Gasteiger partial charge in [0.05, 0.1) is 18.2 Å². The predicted octanol–water partition coefficient (Wildman–Crippen LogP) is 3.64. The topological polar surface area (TPSA) is 62.7 Å². The van der Waals surface area contributed by atoms with Crippen molar-refractivity contribution in [1.82, 2.24) is 20.1 Å². The van der Waals surface area contributed by atoms with Crippen LogP contribution in [0.5, 0.6) is 0 Å². The number of amides is 1. The van der Waals surface area contributed by atoms with Crippen LogP contribution < -0.4 is 5.32 Å². The molecule has 3 aromatic rings. The quantitative estimate of drug-likeness (QED) is 0.746. The summed E-state index contributed by atoms with van der Waals surface area (Å²) in [6.45, 7) is 8.31. The van der Waals surface area contributed by atoms with Gasteiger partial charge in [-0.25, -0.2) is 0 Å². The fourth-order valence-electron chi connectivity index (χ4n) is 3.55. The standard InChI is InChI=1S/C20H26N4O/c1-6-16(17-9-10-21-24(17)5)23-18(25)11-15-14(4)22-20-13(3)8-7-12(2)19(15)20/h7-10,16,22H,6,11H2,1-5H3,(H,23,25)/t16-/m1/s1. The summed E-state index contributed by atoms with van der Waals surface area (Å²) in [5.41, 5.74) is 6.73. The van der Waals surface area contributed by atoms with E-state index in [1.54, 1.807) is 6.20 Å². The van der Waals surface area contributed by atoms with Gasteiger partial charge in [-0.3, -0.25) is 9.48 Å². The van der Waals surface area contributed by atoms with Crippen LogP contribution in [0.3, 0.4) is 0 Å². The Balaban J connectivity index is 1.86. The van der Waals surface area contributed by atoms with Gasteiger partial charge < -0.3 is 10.3 Å². The zero-order valence-electron chi connectivity index (χ0n) is 15.6. The van der Waals surface area contributed by atoms with Crippen molar-refractivity contribution in [3.8, 4) is 0 Å². The van der Waals surface area contributed by atoms with Crippen LogP contribution in [0.25, 0.3) is 10.9 Å². The third-order valence-corrected chi connectivity index (χ3v) is 4.99. The highest BCUT2D eigenvalue weighted by Gasteiger charge is 2.19. The third kappa shape index (κ3) is 3.18. The fourth-order valence-corrected chi connectivity index (χ4v) is 3.55. The average molecular weight is 338 g/mol. The van der Waals surface area contributed by atoms with Crippen LogP contribution in [0.1, 0.15) is 47.5 Å². The number of aromatic nitrogens is 3. The molecule has 2 aromatic heterocycles. The second-order valence-electron chi connectivity index (χ2n) is 6.76. The molecule has 0 aliphatic rings. The first-order valence-corrected chi connectivity index (χ1v) is 8.77. The number of hydrogen-bond acceptors (Lipinski definition) is 2. The number of H-pyrrole nitrogens is 1. The molecule has 1 aromatic carbocycles. The normalized spacial score (nSPS) is 12.5. The zero-order valence-corrected chi connectivity index (χ0v) is 15.6. The van der Waals surface area contributed by atoms with E-state index in [4.69, 9.17) is 0 Å². The minimum Gasteiger partial charge on any atom is -0.358 e. The van der Waals surface area contributed by atoms with Crippen LogP contribution in [-0.4, -0.2) is 20.7 Å². The molecule has 0 radical (unpaired) electrons. The van der Waals surface area contributed by atoms with Gasteiger partial charge in [0.25, 0.3) is 0 Å². The number of hydrogen-bond donors (Lipinski definition) is 2. The zero-order chi connectivity index (χ0) is 18.1. The molecule has 1 atom stereocenters. The fraction of sp³-hybridized carbons (Fsp3) is 0.400. The van der Waals surface area contributed by atoms with Gasteiger partial charge in [-0.2, -0.15) is 5.10 Å². The van der Waals surface area contributed by atoms with E-state index in [2.05, 4.69) is 48.3 Å². The van der Waals surface area contributed by atoms with Gasteiger partial charge in [-0.1, -0.05) is 19.1 Å².